The molecule has 1 aromatic heterocycles. The quantitative estimate of drug-likeness (QED) is 0.0938. The van der Waals surface area contributed by atoms with Crippen molar-refractivity contribution in [3.05, 3.63) is 93.8 Å². The Morgan fingerprint density at radius 1 is 1.28 bits per heavy atom. The van der Waals surface area contributed by atoms with Crippen LogP contribution in [0.3, 0.4) is 0 Å². The predicted octanol–water partition coefficient (Wildman–Crippen LogP) is 4.07. The molecule has 0 aliphatic heterocycles. The second-order valence-corrected chi connectivity index (χ2v) is 9.89. The first-order chi connectivity index (χ1) is 18.9. The minimum Gasteiger partial charge on any atom is -0.497 e. The Hall–Kier alpha value is -4.31. The van der Waals surface area contributed by atoms with Gasteiger partial charge in [0, 0.05) is 24.5 Å². The molecule has 0 unspecified atom stereocenters. The monoisotopic (exact) mass is 558 g/mol. The van der Waals surface area contributed by atoms with Gasteiger partial charge in [-0.15, -0.1) is 0 Å². The normalized spacial score (nSPS) is 13.6. The fraction of sp³-hybridized carbons (Fsp3) is 0.148. The van der Waals surface area contributed by atoms with Crippen LogP contribution in [0.5, 0.6) is 5.75 Å². The van der Waals surface area contributed by atoms with Gasteiger partial charge in [0.1, 0.15) is 29.5 Å². The second-order valence-electron chi connectivity index (χ2n) is 8.34. The van der Waals surface area contributed by atoms with Crippen molar-refractivity contribution in [1.29, 1.82) is 5.26 Å². The maximum atomic E-state index is 12.9. The van der Waals surface area contributed by atoms with Gasteiger partial charge in [0.25, 0.3) is 5.56 Å². The molecule has 4 rings (SSSR count). The number of hydrazine groups is 1. The molecule has 0 spiro atoms. The number of nitrogens with two attached hydrogens (primary N) is 2. The molecular formula is C27H26N8O2S2. The van der Waals surface area contributed by atoms with E-state index in [0.717, 1.165) is 45.8 Å². The van der Waals surface area contributed by atoms with Crippen LogP contribution in [0.4, 0.5) is 5.69 Å². The molecule has 4 N–H and O–H groups in total. The number of allylic oxidation sites excluding steroid dienone is 2. The first kappa shape index (κ1) is 27.7. The van der Waals surface area contributed by atoms with Gasteiger partial charge in [-0.1, -0.05) is 48.2 Å². The number of nitrogens with zero attached hydrogens (tertiary/aromatic N) is 6. The van der Waals surface area contributed by atoms with E-state index < -0.39 is 5.56 Å². The molecule has 1 aliphatic carbocycles. The summed E-state index contributed by atoms with van der Waals surface area (Å²) in [6.45, 7) is 3.92. The van der Waals surface area contributed by atoms with E-state index in [1.165, 1.54) is 11.8 Å². The molecular weight excluding hydrogens is 532 g/mol. The van der Waals surface area contributed by atoms with Crippen LogP contribution in [0.1, 0.15) is 17.5 Å². The van der Waals surface area contributed by atoms with Gasteiger partial charge in [0.15, 0.2) is 5.16 Å². The predicted molar refractivity (Wildman–Crippen MR) is 159 cm³/mol. The SMILES string of the molecule is C=NS/N=C1/C=C(CN(N)c2cccc(CSc3nc(-c4cccc(OC)c4)c(C#N)c(=O)n3N)c2)C=CC1. The second kappa shape index (κ2) is 13.0. The van der Waals surface area contributed by atoms with E-state index in [2.05, 4.69) is 20.5 Å². The van der Waals surface area contributed by atoms with Crippen LogP contribution in [-0.4, -0.2) is 35.7 Å². The van der Waals surface area contributed by atoms with Gasteiger partial charge >= 0.3 is 0 Å². The number of hydrogen-bond acceptors (Lipinski definition) is 11. The van der Waals surface area contributed by atoms with Crippen LogP contribution < -0.4 is 27.0 Å². The lowest BCUT2D eigenvalue weighted by atomic mass is 10.1. The summed E-state index contributed by atoms with van der Waals surface area (Å²) in [6, 6.07) is 16.7. The Morgan fingerprint density at radius 2 is 2.10 bits per heavy atom. The summed E-state index contributed by atoms with van der Waals surface area (Å²) in [5.41, 5.74) is 3.80. The first-order valence-electron chi connectivity index (χ1n) is 11.7. The van der Waals surface area contributed by atoms with E-state index in [0.29, 0.717) is 23.6 Å². The van der Waals surface area contributed by atoms with Gasteiger partial charge in [-0.2, -0.15) is 9.66 Å². The molecule has 0 bridgehead atoms. The third kappa shape index (κ3) is 6.77. The molecule has 0 fully saturated rings. The molecule has 1 heterocycles. The average molecular weight is 559 g/mol. The topological polar surface area (TPSA) is 148 Å². The summed E-state index contributed by atoms with van der Waals surface area (Å²) in [5.74, 6) is 13.5. The van der Waals surface area contributed by atoms with Crippen LogP contribution in [-0.2, 0) is 5.75 Å². The first-order valence-corrected chi connectivity index (χ1v) is 13.4. The molecule has 1 aliphatic rings. The smallest absolute Gasteiger partial charge is 0.291 e. The Morgan fingerprint density at radius 3 is 2.87 bits per heavy atom. The van der Waals surface area contributed by atoms with Crippen molar-refractivity contribution in [2.24, 2.45) is 14.6 Å². The molecule has 0 saturated carbocycles. The van der Waals surface area contributed by atoms with Crippen LogP contribution in [0.2, 0.25) is 0 Å². The van der Waals surface area contributed by atoms with Crippen LogP contribution >= 0.6 is 23.9 Å². The Labute approximate surface area is 234 Å². The van der Waals surface area contributed by atoms with Crippen molar-refractivity contribution in [3.8, 4) is 23.1 Å². The number of anilines is 1. The molecule has 10 nitrogen and oxygen atoms in total. The zero-order chi connectivity index (χ0) is 27.8. The Balaban J connectivity index is 1.53. The highest BCUT2D eigenvalue weighted by molar-refractivity contribution is 7.98. The minimum absolute atomic E-state index is 0.130. The molecule has 0 saturated heterocycles. The average Bonchev–Trinajstić information content (AvgIpc) is 2.97. The zero-order valence-corrected chi connectivity index (χ0v) is 22.8. The Kier molecular flexibility index (Phi) is 9.22. The maximum Gasteiger partial charge on any atom is 0.291 e. The highest BCUT2D eigenvalue weighted by Gasteiger charge is 2.18. The number of methoxy groups -OCH3 is 1. The number of aromatic nitrogens is 2. The molecule has 12 heteroatoms. The van der Waals surface area contributed by atoms with Gasteiger partial charge in [-0.05, 0) is 41.5 Å². The van der Waals surface area contributed by atoms with E-state index in [4.69, 9.17) is 16.4 Å². The van der Waals surface area contributed by atoms with Gasteiger partial charge in [0.05, 0.1) is 30.7 Å². The zero-order valence-electron chi connectivity index (χ0n) is 21.2. The van der Waals surface area contributed by atoms with Crippen molar-refractivity contribution in [2.75, 3.05) is 24.5 Å². The fourth-order valence-electron chi connectivity index (χ4n) is 3.85. The largest absolute Gasteiger partial charge is 0.497 e. The summed E-state index contributed by atoms with van der Waals surface area (Å²) in [5, 5.41) is 11.6. The lowest BCUT2D eigenvalue weighted by Crippen LogP contribution is -2.33. The lowest BCUT2D eigenvalue weighted by Gasteiger charge is -2.21. The van der Waals surface area contributed by atoms with E-state index in [-0.39, 0.29) is 16.4 Å². The molecule has 0 amide bonds. The molecule has 39 heavy (non-hydrogen) atoms. The molecule has 2 aromatic carbocycles. The number of benzene rings is 2. The minimum atomic E-state index is -0.617. The van der Waals surface area contributed by atoms with Gasteiger partial charge in [-0.25, -0.2) is 19.9 Å². The number of rotatable bonds is 10. The number of nitriles is 1. The summed E-state index contributed by atoms with van der Waals surface area (Å²) >= 11 is 2.35. The van der Waals surface area contributed by atoms with Crippen LogP contribution in [0.25, 0.3) is 11.3 Å². The van der Waals surface area contributed by atoms with E-state index in [1.807, 2.05) is 48.6 Å². The maximum absolute atomic E-state index is 12.9. The van der Waals surface area contributed by atoms with E-state index in [9.17, 15) is 10.1 Å². The third-order valence-electron chi connectivity index (χ3n) is 5.73. The van der Waals surface area contributed by atoms with Crippen molar-refractivity contribution in [1.82, 2.24) is 9.66 Å². The standard InChI is InChI=1S/C27H26N8O2S2/c1-31-39-33-21-9-3-6-18(12-21)16-34(29)22-10-4-7-19(13-22)17-38-27-32-25(24(15-28)26(36)35(27)30)20-8-5-11-23(14-20)37-2/h3-8,10-14H,1,9,16-17,29-30H2,2H3/b33-21+. The Bertz CT molecular complexity index is 1570. The van der Waals surface area contributed by atoms with E-state index in [1.54, 1.807) is 36.4 Å². The molecule has 0 atom stereocenters. The summed E-state index contributed by atoms with van der Waals surface area (Å²) in [7, 11) is 1.54. The van der Waals surface area contributed by atoms with Gasteiger partial charge in [0.2, 0.25) is 0 Å². The summed E-state index contributed by atoms with van der Waals surface area (Å²) in [6.07, 6.45) is 6.80. The van der Waals surface area contributed by atoms with Crippen LogP contribution in [0.15, 0.2) is 91.1 Å². The van der Waals surface area contributed by atoms with Crippen molar-refractivity contribution < 1.29 is 4.74 Å². The number of thioether (sulfide) groups is 1. The molecule has 0 radical (unpaired) electrons. The van der Waals surface area contributed by atoms with Crippen molar-refractivity contribution >= 4 is 42.0 Å². The summed E-state index contributed by atoms with van der Waals surface area (Å²) < 4.78 is 14.2. The van der Waals surface area contributed by atoms with Gasteiger partial charge < -0.3 is 15.6 Å². The van der Waals surface area contributed by atoms with E-state index >= 15 is 0 Å². The summed E-state index contributed by atoms with van der Waals surface area (Å²) in [4.78, 5) is 17.5. The van der Waals surface area contributed by atoms with Crippen LogP contribution in [0, 0.1) is 11.3 Å². The number of hydrogen-bond donors (Lipinski definition) is 2. The molecule has 3 aromatic rings. The van der Waals surface area contributed by atoms with Gasteiger partial charge in [-0.3, -0.25) is 4.79 Å². The third-order valence-corrected chi connectivity index (χ3v) is 7.18. The fourth-order valence-corrected chi connectivity index (χ4v) is 5.00. The molecule has 198 valence electrons. The lowest BCUT2D eigenvalue weighted by molar-refractivity contribution is 0.415. The highest BCUT2D eigenvalue weighted by Crippen LogP contribution is 2.28. The number of nitrogen functional groups attached to an aromatic ring is 1. The van der Waals surface area contributed by atoms with Crippen molar-refractivity contribution in [2.45, 2.75) is 17.3 Å². The van der Waals surface area contributed by atoms with Crippen molar-refractivity contribution in [3.63, 3.8) is 0 Å². The number of ether oxygens (including phenoxy) is 1. The highest BCUT2D eigenvalue weighted by atomic mass is 32.2.